The van der Waals surface area contributed by atoms with Gasteiger partial charge in [0.15, 0.2) is 0 Å². The van der Waals surface area contributed by atoms with E-state index in [1.54, 1.807) is 13.1 Å². The summed E-state index contributed by atoms with van der Waals surface area (Å²) in [5.74, 6) is -4.41. The molecule has 0 aliphatic carbocycles. The predicted octanol–water partition coefficient (Wildman–Crippen LogP) is 1.58. The van der Waals surface area contributed by atoms with Gasteiger partial charge in [0.05, 0.1) is 11.4 Å². The highest BCUT2D eigenvalue weighted by atomic mass is 32.2. The highest BCUT2D eigenvalue weighted by molar-refractivity contribution is 7.89. The Kier molecular flexibility index (Phi) is 5.49. The van der Waals surface area contributed by atoms with Gasteiger partial charge in [0, 0.05) is 6.54 Å². The Morgan fingerprint density at radius 1 is 1.30 bits per heavy atom. The highest BCUT2D eigenvalue weighted by Crippen LogP contribution is 2.22. The maximum absolute atomic E-state index is 12.7. The molecule has 0 aliphatic heterocycles. The quantitative estimate of drug-likeness (QED) is 0.751. The summed E-state index contributed by atoms with van der Waals surface area (Å²) in [6, 6.07) is 5.55. The molecule has 0 saturated carbocycles. The fraction of sp³-hybridized carbons (Fsp3) is 0.455. The van der Waals surface area contributed by atoms with Crippen molar-refractivity contribution in [3.8, 4) is 0 Å². The molecule has 4 nitrogen and oxygen atoms in total. The first kappa shape index (κ1) is 16.9. The Morgan fingerprint density at radius 3 is 2.50 bits per heavy atom. The molecule has 0 amide bonds. The third kappa shape index (κ3) is 4.43. The molecule has 0 bridgehead atoms. The molecule has 2 N–H and O–H groups in total. The summed E-state index contributed by atoms with van der Waals surface area (Å²) in [7, 11) is -2.60. The van der Waals surface area contributed by atoms with Gasteiger partial charge in [-0.25, -0.2) is 21.9 Å². The molecule has 1 aromatic carbocycles. The summed E-state index contributed by atoms with van der Waals surface area (Å²) in [5.41, 5.74) is 0.621. The smallest absolute Gasteiger partial charge is 0.316 e. The molecule has 0 radical (unpaired) electrons. The van der Waals surface area contributed by atoms with Crippen LogP contribution in [0.2, 0.25) is 0 Å². The Morgan fingerprint density at radius 2 is 1.95 bits per heavy atom. The summed E-state index contributed by atoms with van der Waals surface area (Å²) in [6.07, 6.45) is -3.93. The van der Waals surface area contributed by atoms with Crippen LogP contribution in [0.25, 0.3) is 0 Å². The van der Waals surface area contributed by atoms with Crippen molar-refractivity contribution in [2.45, 2.75) is 23.8 Å². The van der Waals surface area contributed by atoms with Crippen LogP contribution in [0, 0.1) is 0 Å². The van der Waals surface area contributed by atoms with Gasteiger partial charge in [-0.05, 0) is 24.7 Å². The number of rotatable bonds is 7. The van der Waals surface area contributed by atoms with Crippen LogP contribution in [-0.4, -0.2) is 34.4 Å². The Labute approximate surface area is 114 Å². The van der Waals surface area contributed by atoms with Crippen molar-refractivity contribution >= 4 is 10.0 Å². The maximum atomic E-state index is 12.7. The standard InChI is InChI=1S/C11H14F4N2O2S/c1-16-6-8-3-2-4-9(5-8)20(18,19)17-7-11(14,15)10(12)13/h2-5,10,16-17H,6-7H2,1H3. The van der Waals surface area contributed by atoms with E-state index < -0.39 is 28.9 Å². The molecule has 0 fully saturated rings. The van der Waals surface area contributed by atoms with Crippen LogP contribution >= 0.6 is 0 Å². The Hall–Kier alpha value is -1.19. The van der Waals surface area contributed by atoms with E-state index in [0.717, 1.165) is 0 Å². The van der Waals surface area contributed by atoms with E-state index in [0.29, 0.717) is 12.1 Å². The lowest BCUT2D eigenvalue weighted by atomic mass is 10.2. The largest absolute Gasteiger partial charge is 0.320 e. The van der Waals surface area contributed by atoms with Gasteiger partial charge in [-0.1, -0.05) is 12.1 Å². The fourth-order valence-corrected chi connectivity index (χ4v) is 2.49. The summed E-state index contributed by atoms with van der Waals surface area (Å²) in [4.78, 5) is -0.254. The number of nitrogens with one attached hydrogen (secondary N) is 2. The molecule has 0 unspecified atom stereocenters. The van der Waals surface area contributed by atoms with Gasteiger partial charge < -0.3 is 5.32 Å². The summed E-state index contributed by atoms with van der Waals surface area (Å²) in [6.45, 7) is -1.26. The monoisotopic (exact) mass is 314 g/mol. The fourth-order valence-electron chi connectivity index (χ4n) is 1.38. The predicted molar refractivity (Wildman–Crippen MR) is 65.3 cm³/mol. The molecular formula is C11H14F4N2O2S. The number of hydrogen-bond acceptors (Lipinski definition) is 3. The van der Waals surface area contributed by atoms with E-state index >= 15 is 0 Å². The molecular weight excluding hydrogens is 300 g/mol. The first-order chi connectivity index (χ1) is 9.19. The lowest BCUT2D eigenvalue weighted by Gasteiger charge is -2.16. The lowest BCUT2D eigenvalue weighted by molar-refractivity contribution is -0.122. The number of benzene rings is 1. The second kappa shape index (κ2) is 6.51. The van der Waals surface area contributed by atoms with Gasteiger partial charge in [-0.2, -0.15) is 8.78 Å². The minimum Gasteiger partial charge on any atom is -0.316 e. The average molecular weight is 314 g/mol. The van der Waals surface area contributed by atoms with E-state index in [2.05, 4.69) is 5.32 Å². The second-order valence-corrected chi connectivity index (χ2v) is 5.83. The van der Waals surface area contributed by atoms with E-state index in [4.69, 9.17) is 0 Å². The zero-order valence-corrected chi connectivity index (χ0v) is 11.4. The van der Waals surface area contributed by atoms with E-state index in [9.17, 15) is 26.0 Å². The van der Waals surface area contributed by atoms with Crippen LogP contribution < -0.4 is 10.0 Å². The highest BCUT2D eigenvalue weighted by Gasteiger charge is 2.41. The van der Waals surface area contributed by atoms with Crippen LogP contribution in [0.1, 0.15) is 5.56 Å². The molecule has 0 aliphatic rings. The van der Waals surface area contributed by atoms with Gasteiger partial charge in [0.1, 0.15) is 0 Å². The van der Waals surface area contributed by atoms with Crippen molar-refractivity contribution in [2.24, 2.45) is 0 Å². The average Bonchev–Trinajstić information content (AvgIpc) is 2.37. The first-order valence-electron chi connectivity index (χ1n) is 5.58. The number of alkyl halides is 4. The summed E-state index contributed by atoms with van der Waals surface area (Å²) >= 11 is 0. The third-order valence-corrected chi connectivity index (χ3v) is 3.81. The molecule has 0 atom stereocenters. The van der Waals surface area contributed by atoms with Crippen LogP contribution in [0.4, 0.5) is 17.6 Å². The normalized spacial score (nSPS) is 12.9. The summed E-state index contributed by atoms with van der Waals surface area (Å²) in [5, 5.41) is 2.80. The second-order valence-electron chi connectivity index (χ2n) is 4.06. The van der Waals surface area contributed by atoms with E-state index in [1.807, 2.05) is 0 Å². The summed E-state index contributed by atoms with van der Waals surface area (Å²) < 4.78 is 74.3. The van der Waals surface area contributed by atoms with Crippen LogP contribution in [0.15, 0.2) is 29.2 Å². The van der Waals surface area contributed by atoms with Crippen molar-refractivity contribution in [2.75, 3.05) is 13.6 Å². The number of hydrogen-bond donors (Lipinski definition) is 2. The van der Waals surface area contributed by atoms with Crippen molar-refractivity contribution in [1.29, 1.82) is 0 Å². The topological polar surface area (TPSA) is 58.2 Å². The van der Waals surface area contributed by atoms with Crippen molar-refractivity contribution in [3.63, 3.8) is 0 Å². The van der Waals surface area contributed by atoms with Crippen molar-refractivity contribution in [1.82, 2.24) is 10.0 Å². The molecule has 9 heteroatoms. The van der Waals surface area contributed by atoms with Crippen LogP contribution in [-0.2, 0) is 16.6 Å². The molecule has 1 aromatic rings. The van der Waals surface area contributed by atoms with Crippen LogP contribution in [0.5, 0.6) is 0 Å². The van der Waals surface area contributed by atoms with Gasteiger partial charge >= 0.3 is 12.3 Å². The molecule has 0 aromatic heterocycles. The lowest BCUT2D eigenvalue weighted by Crippen LogP contribution is -2.41. The van der Waals surface area contributed by atoms with Crippen molar-refractivity contribution in [3.05, 3.63) is 29.8 Å². The third-order valence-electron chi connectivity index (χ3n) is 2.41. The zero-order chi connectivity index (χ0) is 15.4. The minimum absolute atomic E-state index is 0.254. The van der Waals surface area contributed by atoms with Gasteiger partial charge in [-0.15, -0.1) is 0 Å². The Bertz CT molecular complexity index is 549. The van der Waals surface area contributed by atoms with E-state index in [-0.39, 0.29) is 4.90 Å². The minimum atomic E-state index is -4.41. The molecule has 1 rings (SSSR count). The first-order valence-corrected chi connectivity index (χ1v) is 7.06. The van der Waals surface area contributed by atoms with Crippen molar-refractivity contribution < 1.29 is 26.0 Å². The molecule has 114 valence electrons. The van der Waals surface area contributed by atoms with Gasteiger partial charge in [0.25, 0.3) is 0 Å². The molecule has 0 spiro atoms. The molecule has 20 heavy (non-hydrogen) atoms. The van der Waals surface area contributed by atoms with E-state index in [1.165, 1.54) is 22.9 Å². The Balaban J connectivity index is 2.86. The van der Waals surface area contributed by atoms with Crippen LogP contribution in [0.3, 0.4) is 0 Å². The van der Waals surface area contributed by atoms with Gasteiger partial charge in [-0.3, -0.25) is 0 Å². The maximum Gasteiger partial charge on any atom is 0.320 e. The molecule has 0 saturated heterocycles. The van der Waals surface area contributed by atoms with Gasteiger partial charge in [0.2, 0.25) is 10.0 Å². The SMILES string of the molecule is CNCc1cccc(S(=O)(=O)NCC(F)(F)C(F)F)c1. The zero-order valence-electron chi connectivity index (χ0n) is 10.5. The number of halogens is 4. The molecule has 0 heterocycles. The number of sulfonamides is 1.